The van der Waals surface area contributed by atoms with Gasteiger partial charge in [-0.15, -0.1) is 11.3 Å². The van der Waals surface area contributed by atoms with Gasteiger partial charge < -0.3 is 9.84 Å². The molecule has 1 aromatic heterocycles. The molecule has 0 radical (unpaired) electrons. The van der Waals surface area contributed by atoms with Gasteiger partial charge in [0, 0.05) is 13.2 Å². The number of ether oxygens (including phenoxy) is 1. The Morgan fingerprint density at radius 2 is 2.27 bits per heavy atom. The molecule has 0 aromatic carbocycles. The maximum atomic E-state index is 11.4. The summed E-state index contributed by atoms with van der Waals surface area (Å²) in [5, 5.41) is 9.91. The van der Waals surface area contributed by atoms with Crippen LogP contribution in [-0.4, -0.2) is 29.3 Å². The van der Waals surface area contributed by atoms with Gasteiger partial charge in [-0.2, -0.15) is 0 Å². The standard InChI is InChI=1S/C9H10ClNO3S/c10-6-5-11-7(15-6)9(8(12)13)1-3-14-4-2-9/h5H,1-4H2,(H,12,13). The predicted molar refractivity (Wildman–Crippen MR) is 56.5 cm³/mol. The summed E-state index contributed by atoms with van der Waals surface area (Å²) in [5.41, 5.74) is -0.893. The van der Waals surface area contributed by atoms with Crippen LogP contribution in [0.1, 0.15) is 17.8 Å². The molecule has 1 aromatic rings. The number of aliphatic carboxylic acids is 1. The van der Waals surface area contributed by atoms with Gasteiger partial charge in [-0.1, -0.05) is 11.6 Å². The Morgan fingerprint density at radius 3 is 2.73 bits per heavy atom. The molecule has 1 N–H and O–H groups in total. The fraction of sp³-hybridized carbons (Fsp3) is 0.556. The van der Waals surface area contributed by atoms with Crippen molar-refractivity contribution >= 4 is 28.9 Å². The maximum Gasteiger partial charge on any atom is 0.316 e. The van der Waals surface area contributed by atoms with Crippen LogP contribution in [-0.2, 0) is 14.9 Å². The molecule has 2 heterocycles. The van der Waals surface area contributed by atoms with Crippen molar-refractivity contribution in [2.24, 2.45) is 0 Å². The minimum atomic E-state index is -0.893. The van der Waals surface area contributed by atoms with Crippen LogP contribution in [0, 0.1) is 0 Å². The number of hydrogen-bond acceptors (Lipinski definition) is 4. The highest BCUT2D eigenvalue weighted by Gasteiger charge is 2.44. The molecule has 0 spiro atoms. The van der Waals surface area contributed by atoms with E-state index < -0.39 is 11.4 Å². The summed E-state index contributed by atoms with van der Waals surface area (Å²) >= 11 is 7.02. The van der Waals surface area contributed by atoms with Crippen LogP contribution >= 0.6 is 22.9 Å². The van der Waals surface area contributed by atoms with E-state index >= 15 is 0 Å². The lowest BCUT2D eigenvalue weighted by atomic mass is 9.81. The van der Waals surface area contributed by atoms with Crippen LogP contribution in [0.3, 0.4) is 0 Å². The SMILES string of the molecule is O=C(O)C1(c2ncc(Cl)s2)CCOCC1. The van der Waals surface area contributed by atoms with Gasteiger partial charge in [-0.3, -0.25) is 4.79 Å². The number of hydrogen-bond donors (Lipinski definition) is 1. The van der Waals surface area contributed by atoms with E-state index in [0.717, 1.165) is 0 Å². The second-order valence-corrected chi connectivity index (χ2v) is 5.13. The average Bonchev–Trinajstić information content (AvgIpc) is 2.66. The third-order valence-electron chi connectivity index (χ3n) is 2.64. The first-order valence-corrected chi connectivity index (χ1v) is 5.77. The Kier molecular flexibility index (Phi) is 2.95. The summed E-state index contributed by atoms with van der Waals surface area (Å²) in [5.74, 6) is -0.836. The van der Waals surface area contributed by atoms with Crippen molar-refractivity contribution in [3.63, 3.8) is 0 Å². The second kappa shape index (κ2) is 4.08. The van der Waals surface area contributed by atoms with Crippen LogP contribution in [0.2, 0.25) is 4.34 Å². The quantitative estimate of drug-likeness (QED) is 0.868. The largest absolute Gasteiger partial charge is 0.481 e. The van der Waals surface area contributed by atoms with Crippen molar-refractivity contribution in [1.29, 1.82) is 0 Å². The normalized spacial score (nSPS) is 20.1. The van der Waals surface area contributed by atoms with Crippen molar-refractivity contribution in [3.8, 4) is 0 Å². The molecule has 0 saturated carbocycles. The van der Waals surface area contributed by atoms with Gasteiger partial charge in [0.25, 0.3) is 0 Å². The van der Waals surface area contributed by atoms with Crippen LogP contribution in [0.15, 0.2) is 6.20 Å². The monoisotopic (exact) mass is 247 g/mol. The first-order chi connectivity index (χ1) is 7.15. The minimum absolute atomic E-state index is 0.462. The molecule has 1 saturated heterocycles. The minimum Gasteiger partial charge on any atom is -0.481 e. The molecule has 4 nitrogen and oxygen atoms in total. The molecule has 0 bridgehead atoms. The first kappa shape index (κ1) is 10.9. The van der Waals surface area contributed by atoms with Gasteiger partial charge >= 0.3 is 5.97 Å². The van der Waals surface area contributed by atoms with E-state index in [1.165, 1.54) is 17.5 Å². The van der Waals surface area contributed by atoms with Crippen molar-refractivity contribution < 1.29 is 14.6 Å². The summed E-state index contributed by atoms with van der Waals surface area (Å²) in [6.45, 7) is 0.924. The number of carbonyl (C=O) groups is 1. The lowest BCUT2D eigenvalue weighted by molar-refractivity contribution is -0.147. The molecular formula is C9H10ClNO3S. The van der Waals surface area contributed by atoms with E-state index in [-0.39, 0.29) is 0 Å². The van der Waals surface area contributed by atoms with Crippen LogP contribution in [0.4, 0.5) is 0 Å². The van der Waals surface area contributed by atoms with Gasteiger partial charge in [0.15, 0.2) is 0 Å². The molecule has 82 valence electrons. The summed E-state index contributed by atoms with van der Waals surface area (Å²) < 4.78 is 5.71. The molecule has 1 aliphatic rings. The summed E-state index contributed by atoms with van der Waals surface area (Å²) in [7, 11) is 0. The van der Waals surface area contributed by atoms with Gasteiger partial charge in [0.1, 0.15) is 14.8 Å². The van der Waals surface area contributed by atoms with E-state index in [0.29, 0.717) is 35.4 Å². The number of aromatic nitrogens is 1. The Balaban J connectivity index is 2.37. The highest BCUT2D eigenvalue weighted by Crippen LogP contribution is 2.38. The molecule has 15 heavy (non-hydrogen) atoms. The third kappa shape index (κ3) is 1.87. The summed E-state index contributed by atoms with van der Waals surface area (Å²) in [6, 6.07) is 0. The van der Waals surface area contributed by atoms with E-state index in [1.807, 2.05) is 0 Å². The predicted octanol–water partition coefficient (Wildman–Crippen LogP) is 1.93. The van der Waals surface area contributed by atoms with Crippen LogP contribution in [0.25, 0.3) is 0 Å². The number of carboxylic acids is 1. The highest BCUT2D eigenvalue weighted by atomic mass is 35.5. The van der Waals surface area contributed by atoms with Crippen molar-refractivity contribution in [1.82, 2.24) is 4.98 Å². The number of nitrogens with zero attached hydrogens (tertiary/aromatic N) is 1. The molecule has 0 aliphatic carbocycles. The lowest BCUT2D eigenvalue weighted by Crippen LogP contribution is -2.41. The number of halogens is 1. The van der Waals surface area contributed by atoms with Crippen molar-refractivity contribution in [3.05, 3.63) is 15.5 Å². The Hall–Kier alpha value is -0.650. The molecule has 1 aliphatic heterocycles. The number of thiazole rings is 1. The molecule has 6 heteroatoms. The molecule has 0 amide bonds. The Bertz CT molecular complexity index is 373. The van der Waals surface area contributed by atoms with Crippen molar-refractivity contribution in [2.75, 3.05) is 13.2 Å². The fourth-order valence-corrected chi connectivity index (χ4v) is 2.87. The molecule has 2 rings (SSSR count). The van der Waals surface area contributed by atoms with E-state index in [9.17, 15) is 9.90 Å². The van der Waals surface area contributed by atoms with E-state index in [2.05, 4.69) is 4.98 Å². The fourth-order valence-electron chi connectivity index (χ4n) is 1.71. The summed E-state index contributed by atoms with van der Waals surface area (Å²) in [6.07, 6.45) is 2.43. The zero-order valence-corrected chi connectivity index (χ0v) is 9.48. The van der Waals surface area contributed by atoms with Crippen LogP contribution in [0.5, 0.6) is 0 Å². The average molecular weight is 248 g/mol. The third-order valence-corrected chi connectivity index (χ3v) is 3.96. The molecule has 0 unspecified atom stereocenters. The molecule has 1 fully saturated rings. The van der Waals surface area contributed by atoms with Gasteiger partial charge in [0.05, 0.1) is 6.20 Å². The smallest absolute Gasteiger partial charge is 0.316 e. The maximum absolute atomic E-state index is 11.4. The van der Waals surface area contributed by atoms with Gasteiger partial charge in [0.2, 0.25) is 0 Å². The van der Waals surface area contributed by atoms with Gasteiger partial charge in [-0.05, 0) is 12.8 Å². The van der Waals surface area contributed by atoms with Crippen molar-refractivity contribution in [2.45, 2.75) is 18.3 Å². The highest BCUT2D eigenvalue weighted by molar-refractivity contribution is 7.16. The Morgan fingerprint density at radius 1 is 1.60 bits per heavy atom. The Labute approximate surface area is 95.8 Å². The zero-order valence-electron chi connectivity index (χ0n) is 7.90. The molecular weight excluding hydrogens is 238 g/mol. The second-order valence-electron chi connectivity index (χ2n) is 3.47. The van der Waals surface area contributed by atoms with Gasteiger partial charge in [-0.25, -0.2) is 4.98 Å². The topological polar surface area (TPSA) is 59.4 Å². The number of rotatable bonds is 2. The first-order valence-electron chi connectivity index (χ1n) is 4.58. The number of carboxylic acid groups (broad SMARTS) is 1. The van der Waals surface area contributed by atoms with E-state index in [1.54, 1.807) is 0 Å². The summed E-state index contributed by atoms with van der Waals surface area (Å²) in [4.78, 5) is 15.4. The van der Waals surface area contributed by atoms with Crippen LogP contribution < -0.4 is 0 Å². The molecule has 0 atom stereocenters. The zero-order chi connectivity index (χ0) is 10.9. The lowest BCUT2D eigenvalue weighted by Gasteiger charge is -2.30. The van der Waals surface area contributed by atoms with E-state index in [4.69, 9.17) is 16.3 Å².